The van der Waals surface area contributed by atoms with Gasteiger partial charge in [-0.3, -0.25) is 0 Å². The highest BCUT2D eigenvalue weighted by Gasteiger charge is 2.12. The van der Waals surface area contributed by atoms with Crippen LogP contribution in [0.25, 0.3) is 0 Å². The lowest BCUT2D eigenvalue weighted by Gasteiger charge is -2.16. The van der Waals surface area contributed by atoms with Crippen LogP contribution in [0.15, 0.2) is 53.4 Å². The minimum atomic E-state index is -0.0658. The van der Waals surface area contributed by atoms with Crippen LogP contribution in [0.4, 0.5) is 0 Å². The lowest BCUT2D eigenvalue weighted by atomic mass is 10.1. The summed E-state index contributed by atoms with van der Waals surface area (Å²) in [5.41, 5.74) is 7.36. The third-order valence-electron chi connectivity index (χ3n) is 3.09. The summed E-state index contributed by atoms with van der Waals surface area (Å²) >= 11 is 1.72. The van der Waals surface area contributed by atoms with E-state index in [1.165, 1.54) is 0 Å². The minimum Gasteiger partial charge on any atom is -0.497 e. The van der Waals surface area contributed by atoms with Gasteiger partial charge in [-0.15, -0.1) is 11.8 Å². The summed E-state index contributed by atoms with van der Waals surface area (Å²) in [5.74, 6) is 2.53. The topological polar surface area (TPSA) is 44.5 Å². The fraction of sp³-hybridized carbons (Fsp3) is 0.294. The lowest BCUT2D eigenvalue weighted by Crippen LogP contribution is -2.14. The number of ether oxygens (including phenoxy) is 2. The second-order valence-corrected chi connectivity index (χ2v) is 5.66. The van der Waals surface area contributed by atoms with Crippen LogP contribution in [0, 0.1) is 0 Å². The molecule has 0 fully saturated rings. The summed E-state index contributed by atoms with van der Waals surface area (Å²) in [7, 11) is 1.67. The predicted molar refractivity (Wildman–Crippen MR) is 88.3 cm³/mol. The van der Waals surface area contributed by atoms with Crippen molar-refractivity contribution in [2.45, 2.75) is 17.9 Å². The van der Waals surface area contributed by atoms with Gasteiger partial charge in [0.25, 0.3) is 0 Å². The third kappa shape index (κ3) is 4.41. The van der Waals surface area contributed by atoms with E-state index in [0.717, 1.165) is 27.7 Å². The molecule has 1 atom stereocenters. The molecule has 2 rings (SSSR count). The maximum absolute atomic E-state index is 6.31. The summed E-state index contributed by atoms with van der Waals surface area (Å²) in [6.45, 7) is 2.63. The summed E-state index contributed by atoms with van der Waals surface area (Å²) in [6.07, 6.45) is 0. The van der Waals surface area contributed by atoms with Gasteiger partial charge >= 0.3 is 0 Å². The molecule has 2 N–H and O–H groups in total. The molecule has 112 valence electrons. The normalized spacial score (nSPS) is 12.0. The largest absolute Gasteiger partial charge is 0.497 e. The molecule has 0 amide bonds. The Labute approximate surface area is 130 Å². The molecule has 4 heteroatoms. The highest BCUT2D eigenvalue weighted by atomic mass is 32.2. The van der Waals surface area contributed by atoms with E-state index in [2.05, 4.69) is 6.07 Å². The van der Waals surface area contributed by atoms with Crippen LogP contribution in [0.5, 0.6) is 11.5 Å². The molecule has 0 aliphatic carbocycles. The molecule has 0 heterocycles. The average molecular weight is 303 g/mol. The second kappa shape index (κ2) is 7.96. The Morgan fingerprint density at radius 1 is 1.14 bits per heavy atom. The zero-order valence-electron chi connectivity index (χ0n) is 12.4. The molecular weight excluding hydrogens is 282 g/mol. The van der Waals surface area contributed by atoms with Crippen LogP contribution < -0.4 is 15.2 Å². The standard InChI is InChI=1S/C17H21NO2S/c1-3-20-17-10-5-4-9-15(17)16(18)12-21-14-8-6-7-13(11-14)19-2/h4-11,16H,3,12,18H2,1-2H3. The number of hydrogen-bond acceptors (Lipinski definition) is 4. The van der Waals surface area contributed by atoms with E-state index in [4.69, 9.17) is 15.2 Å². The predicted octanol–water partition coefficient (Wildman–Crippen LogP) is 3.89. The molecule has 0 bridgehead atoms. The van der Waals surface area contributed by atoms with E-state index in [0.29, 0.717) is 6.61 Å². The Hall–Kier alpha value is -1.65. The molecular formula is C17H21NO2S. The van der Waals surface area contributed by atoms with Gasteiger partial charge in [-0.2, -0.15) is 0 Å². The third-order valence-corrected chi connectivity index (χ3v) is 4.20. The summed E-state index contributed by atoms with van der Waals surface area (Å²) in [5, 5.41) is 0. The van der Waals surface area contributed by atoms with Crippen molar-refractivity contribution < 1.29 is 9.47 Å². The van der Waals surface area contributed by atoms with Gasteiger partial charge < -0.3 is 15.2 Å². The van der Waals surface area contributed by atoms with Crippen molar-refractivity contribution >= 4 is 11.8 Å². The van der Waals surface area contributed by atoms with E-state index < -0.39 is 0 Å². The first-order valence-corrected chi connectivity index (χ1v) is 7.97. The smallest absolute Gasteiger partial charge is 0.124 e. The molecule has 0 spiro atoms. The number of hydrogen-bond donors (Lipinski definition) is 1. The monoisotopic (exact) mass is 303 g/mol. The van der Waals surface area contributed by atoms with Crippen LogP contribution in [0.3, 0.4) is 0 Å². The van der Waals surface area contributed by atoms with Gasteiger partial charge in [-0.05, 0) is 31.2 Å². The molecule has 0 aliphatic heterocycles. The van der Waals surface area contributed by atoms with Gasteiger partial charge in [0.2, 0.25) is 0 Å². The highest BCUT2D eigenvalue weighted by molar-refractivity contribution is 7.99. The van der Waals surface area contributed by atoms with Crippen molar-refractivity contribution in [1.82, 2.24) is 0 Å². The average Bonchev–Trinajstić information content (AvgIpc) is 2.53. The number of rotatable bonds is 7. The van der Waals surface area contributed by atoms with Crippen molar-refractivity contribution in [2.24, 2.45) is 5.73 Å². The molecule has 2 aromatic rings. The first kappa shape index (κ1) is 15.7. The SMILES string of the molecule is CCOc1ccccc1C(N)CSc1cccc(OC)c1. The minimum absolute atomic E-state index is 0.0658. The van der Waals surface area contributed by atoms with E-state index in [-0.39, 0.29) is 6.04 Å². The van der Waals surface area contributed by atoms with Crippen LogP contribution in [-0.4, -0.2) is 19.5 Å². The number of benzene rings is 2. The quantitative estimate of drug-likeness (QED) is 0.788. The molecule has 21 heavy (non-hydrogen) atoms. The van der Waals surface area contributed by atoms with Crippen molar-refractivity contribution in [2.75, 3.05) is 19.5 Å². The van der Waals surface area contributed by atoms with Crippen LogP contribution in [0.1, 0.15) is 18.5 Å². The molecule has 0 aromatic heterocycles. The molecule has 1 unspecified atom stereocenters. The fourth-order valence-corrected chi connectivity index (χ4v) is 2.97. The Bertz CT molecular complexity index is 574. The Morgan fingerprint density at radius 2 is 1.95 bits per heavy atom. The van der Waals surface area contributed by atoms with Crippen molar-refractivity contribution in [3.63, 3.8) is 0 Å². The summed E-state index contributed by atoms with van der Waals surface area (Å²) < 4.78 is 10.9. The van der Waals surface area contributed by atoms with Crippen LogP contribution in [0.2, 0.25) is 0 Å². The highest BCUT2D eigenvalue weighted by Crippen LogP contribution is 2.30. The maximum atomic E-state index is 6.31. The Balaban J connectivity index is 2.02. The molecule has 0 radical (unpaired) electrons. The Kier molecular flexibility index (Phi) is 5.96. The first-order valence-electron chi connectivity index (χ1n) is 6.98. The van der Waals surface area contributed by atoms with Gasteiger partial charge in [0.1, 0.15) is 11.5 Å². The van der Waals surface area contributed by atoms with E-state index >= 15 is 0 Å². The van der Waals surface area contributed by atoms with Crippen molar-refractivity contribution in [3.05, 3.63) is 54.1 Å². The van der Waals surface area contributed by atoms with Gasteiger partial charge in [0.05, 0.1) is 13.7 Å². The zero-order valence-corrected chi connectivity index (χ0v) is 13.2. The molecule has 0 aliphatic rings. The molecule has 0 saturated heterocycles. The van der Waals surface area contributed by atoms with E-state index in [1.54, 1.807) is 18.9 Å². The summed E-state index contributed by atoms with van der Waals surface area (Å²) in [6, 6.07) is 15.9. The van der Waals surface area contributed by atoms with Crippen molar-refractivity contribution in [3.8, 4) is 11.5 Å². The van der Waals surface area contributed by atoms with Gasteiger partial charge in [-0.25, -0.2) is 0 Å². The van der Waals surface area contributed by atoms with Crippen molar-refractivity contribution in [1.29, 1.82) is 0 Å². The first-order chi connectivity index (χ1) is 10.2. The maximum Gasteiger partial charge on any atom is 0.124 e. The molecule has 3 nitrogen and oxygen atoms in total. The number of para-hydroxylation sites is 1. The van der Waals surface area contributed by atoms with Gasteiger partial charge in [0, 0.05) is 22.3 Å². The number of methoxy groups -OCH3 is 1. The second-order valence-electron chi connectivity index (χ2n) is 4.57. The van der Waals surface area contributed by atoms with E-state index in [1.807, 2.05) is 49.4 Å². The fourth-order valence-electron chi connectivity index (χ4n) is 2.04. The van der Waals surface area contributed by atoms with Crippen LogP contribution >= 0.6 is 11.8 Å². The number of thioether (sulfide) groups is 1. The van der Waals surface area contributed by atoms with Crippen LogP contribution in [-0.2, 0) is 0 Å². The Morgan fingerprint density at radius 3 is 2.71 bits per heavy atom. The number of nitrogens with two attached hydrogens (primary N) is 1. The van der Waals surface area contributed by atoms with Gasteiger partial charge in [-0.1, -0.05) is 24.3 Å². The lowest BCUT2D eigenvalue weighted by molar-refractivity contribution is 0.335. The zero-order chi connectivity index (χ0) is 15.1. The molecule has 2 aromatic carbocycles. The van der Waals surface area contributed by atoms with Gasteiger partial charge in [0.15, 0.2) is 0 Å². The van der Waals surface area contributed by atoms with E-state index in [9.17, 15) is 0 Å². The summed E-state index contributed by atoms with van der Waals surface area (Å²) in [4.78, 5) is 1.15. The molecule has 0 saturated carbocycles.